The van der Waals surface area contributed by atoms with Crippen molar-refractivity contribution in [1.29, 1.82) is 0 Å². The average Bonchev–Trinajstić information content (AvgIpc) is 2.04. The lowest BCUT2D eigenvalue weighted by molar-refractivity contribution is -0.194. The fraction of sp³-hybridized carbons (Fsp3) is 0.375. The lowest BCUT2D eigenvalue weighted by Gasteiger charge is -2.22. The molecule has 0 saturated carbocycles. The normalized spacial score (nSPS) is 11.7. The minimum absolute atomic E-state index is 0.224. The van der Waals surface area contributed by atoms with E-state index in [2.05, 4.69) is 10.3 Å². The summed E-state index contributed by atoms with van der Waals surface area (Å²) in [5, 5.41) is 21.8. The van der Waals surface area contributed by atoms with E-state index >= 15 is 0 Å². The molecule has 0 aliphatic rings. The summed E-state index contributed by atoms with van der Waals surface area (Å²) in [6.07, 6.45) is 2.77. The Morgan fingerprint density at radius 2 is 2.23 bits per heavy atom. The van der Waals surface area contributed by atoms with Crippen molar-refractivity contribution in [3.63, 3.8) is 0 Å². The number of nitrogens with one attached hydrogen (secondary N) is 1. The topological polar surface area (TPSA) is 65.4 Å². The van der Waals surface area contributed by atoms with Gasteiger partial charge in [-0.3, -0.25) is 10.3 Å². The van der Waals surface area contributed by atoms with Crippen LogP contribution in [0.3, 0.4) is 0 Å². The van der Waals surface area contributed by atoms with Gasteiger partial charge >= 0.3 is 0 Å². The van der Waals surface area contributed by atoms with Crippen LogP contribution in [0.15, 0.2) is 18.5 Å². The standard InChI is InChI=1S/C8H11ClN2O2/c1-2-11-8(12,13)6-3-7(9)5-10-4-6/h3-5,11-13H,2H2,1H3. The van der Waals surface area contributed by atoms with Crippen molar-refractivity contribution in [2.45, 2.75) is 12.8 Å². The Kier molecular flexibility index (Phi) is 3.22. The van der Waals surface area contributed by atoms with E-state index in [9.17, 15) is 10.2 Å². The molecule has 1 aromatic rings. The SMILES string of the molecule is CCNC(O)(O)c1cncc(Cl)c1. The molecule has 1 rings (SSSR count). The maximum Gasteiger partial charge on any atom is 0.252 e. The minimum Gasteiger partial charge on any atom is -0.350 e. The Morgan fingerprint density at radius 3 is 2.77 bits per heavy atom. The maximum absolute atomic E-state index is 9.46. The monoisotopic (exact) mass is 202 g/mol. The molecule has 3 N–H and O–H groups in total. The van der Waals surface area contributed by atoms with Crippen molar-refractivity contribution in [2.24, 2.45) is 0 Å². The Balaban J connectivity index is 2.93. The highest BCUT2D eigenvalue weighted by atomic mass is 35.5. The minimum atomic E-state index is -2.06. The fourth-order valence-corrected chi connectivity index (χ4v) is 1.12. The second-order valence-corrected chi connectivity index (χ2v) is 3.03. The highest BCUT2D eigenvalue weighted by Gasteiger charge is 2.24. The van der Waals surface area contributed by atoms with Gasteiger partial charge in [-0.25, -0.2) is 0 Å². The first-order chi connectivity index (χ1) is 6.06. The van der Waals surface area contributed by atoms with Gasteiger partial charge in [-0.2, -0.15) is 0 Å². The molecule has 5 heteroatoms. The first kappa shape index (κ1) is 10.4. The van der Waals surface area contributed by atoms with Crippen LogP contribution in [0, 0.1) is 0 Å². The van der Waals surface area contributed by atoms with Gasteiger partial charge in [0, 0.05) is 18.0 Å². The summed E-state index contributed by atoms with van der Waals surface area (Å²) in [5.41, 5.74) is 0.224. The van der Waals surface area contributed by atoms with Crippen LogP contribution >= 0.6 is 11.6 Å². The Morgan fingerprint density at radius 1 is 1.54 bits per heavy atom. The predicted octanol–water partition coefficient (Wildman–Crippen LogP) is 0.439. The molecule has 1 heterocycles. The fourth-order valence-electron chi connectivity index (χ4n) is 0.951. The largest absolute Gasteiger partial charge is 0.350 e. The summed E-state index contributed by atoms with van der Waals surface area (Å²) < 4.78 is 0. The second-order valence-electron chi connectivity index (χ2n) is 2.59. The lowest BCUT2D eigenvalue weighted by Crippen LogP contribution is -2.41. The zero-order valence-corrected chi connectivity index (χ0v) is 7.91. The number of aliphatic hydroxyl groups is 2. The van der Waals surface area contributed by atoms with Crippen LogP contribution in [0.2, 0.25) is 5.02 Å². The van der Waals surface area contributed by atoms with Crippen molar-refractivity contribution in [1.82, 2.24) is 10.3 Å². The van der Waals surface area contributed by atoms with Crippen LogP contribution in [0.4, 0.5) is 0 Å². The third-order valence-electron chi connectivity index (χ3n) is 1.53. The Bertz CT molecular complexity index is 291. The summed E-state index contributed by atoms with van der Waals surface area (Å²) in [4.78, 5) is 3.74. The van der Waals surface area contributed by atoms with E-state index in [1.807, 2.05) is 0 Å². The number of hydrogen-bond acceptors (Lipinski definition) is 4. The number of aromatic nitrogens is 1. The lowest BCUT2D eigenvalue weighted by atomic mass is 10.2. The molecule has 0 unspecified atom stereocenters. The second kappa shape index (κ2) is 4.02. The zero-order chi connectivity index (χ0) is 9.90. The number of halogens is 1. The average molecular weight is 203 g/mol. The Labute approximate surface area is 81.2 Å². The van der Waals surface area contributed by atoms with E-state index in [-0.39, 0.29) is 5.56 Å². The molecule has 0 aliphatic carbocycles. The van der Waals surface area contributed by atoms with E-state index in [0.717, 1.165) is 0 Å². The number of rotatable bonds is 3. The highest BCUT2D eigenvalue weighted by Crippen LogP contribution is 2.17. The van der Waals surface area contributed by atoms with Gasteiger partial charge in [-0.15, -0.1) is 0 Å². The van der Waals surface area contributed by atoms with Crippen LogP contribution in [0.25, 0.3) is 0 Å². The van der Waals surface area contributed by atoms with Crippen LogP contribution in [0.1, 0.15) is 12.5 Å². The molecule has 0 aliphatic heterocycles. The molecule has 1 aromatic heterocycles. The molecule has 0 amide bonds. The summed E-state index contributed by atoms with van der Waals surface area (Å²) >= 11 is 5.64. The van der Waals surface area contributed by atoms with Crippen LogP contribution < -0.4 is 5.32 Å². The van der Waals surface area contributed by atoms with Gasteiger partial charge in [0.15, 0.2) is 0 Å². The number of pyridine rings is 1. The van der Waals surface area contributed by atoms with Crippen molar-refractivity contribution < 1.29 is 10.2 Å². The first-order valence-corrected chi connectivity index (χ1v) is 4.25. The van der Waals surface area contributed by atoms with Crippen LogP contribution in [-0.4, -0.2) is 21.7 Å². The van der Waals surface area contributed by atoms with Gasteiger partial charge in [0.05, 0.1) is 5.02 Å². The smallest absolute Gasteiger partial charge is 0.252 e. The van der Waals surface area contributed by atoms with Gasteiger partial charge < -0.3 is 10.2 Å². The van der Waals surface area contributed by atoms with Crippen molar-refractivity contribution in [3.05, 3.63) is 29.0 Å². The van der Waals surface area contributed by atoms with Gasteiger partial charge in [0.25, 0.3) is 5.91 Å². The highest BCUT2D eigenvalue weighted by molar-refractivity contribution is 6.30. The summed E-state index contributed by atoms with van der Waals surface area (Å²) in [6.45, 7) is 2.19. The molecule has 72 valence electrons. The van der Waals surface area contributed by atoms with Crippen LogP contribution in [0.5, 0.6) is 0 Å². The van der Waals surface area contributed by atoms with Crippen molar-refractivity contribution in [3.8, 4) is 0 Å². The van der Waals surface area contributed by atoms with E-state index in [1.165, 1.54) is 18.5 Å². The summed E-state index contributed by atoms with van der Waals surface area (Å²) in [5.74, 6) is -2.06. The predicted molar refractivity (Wildman–Crippen MR) is 49.0 cm³/mol. The molecule has 0 radical (unpaired) electrons. The molecule has 0 bridgehead atoms. The summed E-state index contributed by atoms with van der Waals surface area (Å²) in [6, 6.07) is 1.44. The van der Waals surface area contributed by atoms with Gasteiger partial charge in [0.1, 0.15) is 0 Å². The van der Waals surface area contributed by atoms with E-state index in [1.54, 1.807) is 6.92 Å². The van der Waals surface area contributed by atoms with Gasteiger partial charge in [0.2, 0.25) is 0 Å². The molecule has 13 heavy (non-hydrogen) atoms. The maximum atomic E-state index is 9.46. The van der Waals surface area contributed by atoms with Gasteiger partial charge in [-0.05, 0) is 12.6 Å². The molecule has 0 fully saturated rings. The number of nitrogens with zero attached hydrogens (tertiary/aromatic N) is 1. The third kappa shape index (κ3) is 2.63. The zero-order valence-electron chi connectivity index (χ0n) is 7.16. The Hall–Kier alpha value is -0.680. The van der Waals surface area contributed by atoms with E-state index in [4.69, 9.17) is 11.6 Å². The molecule has 4 nitrogen and oxygen atoms in total. The summed E-state index contributed by atoms with van der Waals surface area (Å²) in [7, 11) is 0. The van der Waals surface area contributed by atoms with Crippen molar-refractivity contribution in [2.75, 3.05) is 6.54 Å². The molecule has 0 aromatic carbocycles. The molecular formula is C8H11ClN2O2. The molecule has 0 atom stereocenters. The van der Waals surface area contributed by atoms with Gasteiger partial charge in [-0.1, -0.05) is 18.5 Å². The molecule has 0 spiro atoms. The molecular weight excluding hydrogens is 192 g/mol. The first-order valence-electron chi connectivity index (χ1n) is 3.87. The number of hydrogen-bond donors (Lipinski definition) is 3. The molecule has 0 saturated heterocycles. The third-order valence-corrected chi connectivity index (χ3v) is 1.74. The quantitative estimate of drug-likeness (QED) is 0.623. The van der Waals surface area contributed by atoms with E-state index in [0.29, 0.717) is 11.6 Å². The van der Waals surface area contributed by atoms with E-state index < -0.39 is 5.91 Å². The van der Waals surface area contributed by atoms with Crippen LogP contribution in [-0.2, 0) is 5.91 Å². The van der Waals surface area contributed by atoms with Crippen molar-refractivity contribution >= 4 is 11.6 Å².